The number of nitro groups is 1. The average molecular weight is 465 g/mol. The van der Waals surface area contributed by atoms with E-state index >= 15 is 0 Å². The first-order valence-corrected chi connectivity index (χ1v) is 8.74. The number of rotatable bonds is 5. The summed E-state index contributed by atoms with van der Waals surface area (Å²) < 4.78 is 37.1. The summed E-state index contributed by atoms with van der Waals surface area (Å²) in [6, 6.07) is 6.62. The van der Waals surface area contributed by atoms with Crippen LogP contribution in [0.4, 0.5) is 10.1 Å². The van der Waals surface area contributed by atoms with E-state index in [4.69, 9.17) is 0 Å². The molecule has 0 aliphatic heterocycles. The van der Waals surface area contributed by atoms with Crippen molar-refractivity contribution in [2.24, 2.45) is 5.10 Å². The molecule has 0 saturated carbocycles. The molecule has 2 N–H and O–H groups in total. The largest absolute Gasteiger partial charge is 0.502 e. The van der Waals surface area contributed by atoms with Gasteiger partial charge in [0, 0.05) is 15.2 Å². The van der Waals surface area contributed by atoms with Crippen molar-refractivity contribution >= 4 is 44.5 Å². The van der Waals surface area contributed by atoms with E-state index < -0.39 is 32.2 Å². The predicted molar refractivity (Wildman–Crippen MR) is 91.8 cm³/mol. The molecule has 0 bridgehead atoms. The van der Waals surface area contributed by atoms with Crippen LogP contribution in [0.15, 0.2) is 46.4 Å². The lowest BCUT2D eigenvalue weighted by atomic mass is 10.2. The van der Waals surface area contributed by atoms with Crippen LogP contribution in [0.3, 0.4) is 0 Å². The van der Waals surface area contributed by atoms with Gasteiger partial charge in [0.05, 0.1) is 16.0 Å². The normalized spacial score (nSPS) is 11.6. The molecule has 0 aliphatic carbocycles. The van der Waals surface area contributed by atoms with Crippen molar-refractivity contribution in [3.8, 4) is 5.75 Å². The minimum absolute atomic E-state index is 0.0320. The van der Waals surface area contributed by atoms with E-state index in [-0.39, 0.29) is 10.5 Å². The molecule has 8 nitrogen and oxygen atoms in total. The van der Waals surface area contributed by atoms with E-state index in [1.165, 1.54) is 6.07 Å². The molecule has 0 fully saturated rings. The Balaban J connectivity index is 2.26. The maximum absolute atomic E-state index is 12.8. The van der Waals surface area contributed by atoms with Crippen molar-refractivity contribution in [3.63, 3.8) is 0 Å². The highest BCUT2D eigenvalue weighted by molar-refractivity contribution is 14.1. The molecular formula is C13H9FIN3O5S. The lowest BCUT2D eigenvalue weighted by Gasteiger charge is -2.04. The van der Waals surface area contributed by atoms with E-state index in [1.54, 1.807) is 0 Å². The number of hydrazone groups is 1. The van der Waals surface area contributed by atoms with Gasteiger partial charge in [0.2, 0.25) is 5.75 Å². The quantitative estimate of drug-likeness (QED) is 0.304. The molecule has 2 aromatic rings. The second-order valence-corrected chi connectivity index (χ2v) is 7.33. The van der Waals surface area contributed by atoms with Crippen molar-refractivity contribution in [3.05, 3.63) is 61.5 Å². The molecule has 126 valence electrons. The van der Waals surface area contributed by atoms with Gasteiger partial charge in [-0.25, -0.2) is 9.22 Å². The van der Waals surface area contributed by atoms with E-state index in [0.29, 0.717) is 3.57 Å². The number of hydrogen-bond acceptors (Lipinski definition) is 6. The molecule has 2 rings (SSSR count). The average Bonchev–Trinajstić information content (AvgIpc) is 2.50. The smallest absolute Gasteiger partial charge is 0.312 e. The summed E-state index contributed by atoms with van der Waals surface area (Å²) in [4.78, 5) is 11.7. The highest BCUT2D eigenvalue weighted by Gasteiger charge is 2.18. The standard InChI is InChI=1S/C13H9FIN3O5S/c14-9-1-3-11(4-2-9)24(22,23)17-16-7-8-5-10(15)6-12(13(8)19)18(20)21/h1-7,17,19H/b16-7+. The zero-order chi connectivity index (χ0) is 17.9. The van der Waals surface area contributed by atoms with Crippen LogP contribution in [0.5, 0.6) is 5.75 Å². The zero-order valence-corrected chi connectivity index (χ0v) is 14.7. The van der Waals surface area contributed by atoms with Gasteiger partial charge < -0.3 is 5.11 Å². The van der Waals surface area contributed by atoms with Gasteiger partial charge in [0.25, 0.3) is 10.0 Å². The lowest BCUT2D eigenvalue weighted by molar-refractivity contribution is -0.386. The fraction of sp³-hybridized carbons (Fsp3) is 0. The maximum Gasteiger partial charge on any atom is 0.312 e. The highest BCUT2D eigenvalue weighted by Crippen LogP contribution is 2.30. The van der Waals surface area contributed by atoms with Crippen LogP contribution in [0.2, 0.25) is 0 Å². The third-order valence-electron chi connectivity index (χ3n) is 2.78. The number of sulfonamides is 1. The summed E-state index contributed by atoms with van der Waals surface area (Å²) >= 11 is 1.81. The van der Waals surface area contributed by atoms with Crippen molar-refractivity contribution < 1.29 is 22.8 Å². The summed E-state index contributed by atoms with van der Waals surface area (Å²) in [5.74, 6) is -1.22. The van der Waals surface area contributed by atoms with E-state index in [9.17, 15) is 28.0 Å². The molecule has 2 aromatic carbocycles. The van der Waals surface area contributed by atoms with Gasteiger partial charge in [-0.15, -0.1) is 0 Å². The monoisotopic (exact) mass is 465 g/mol. The van der Waals surface area contributed by atoms with Gasteiger partial charge in [0.15, 0.2) is 0 Å². The van der Waals surface area contributed by atoms with Crippen LogP contribution in [0.1, 0.15) is 5.56 Å². The maximum atomic E-state index is 12.8. The zero-order valence-electron chi connectivity index (χ0n) is 11.7. The number of hydrogen-bond donors (Lipinski definition) is 2. The Morgan fingerprint density at radius 3 is 2.50 bits per heavy atom. The molecular weight excluding hydrogens is 456 g/mol. The molecule has 11 heteroatoms. The molecule has 0 spiro atoms. The first-order valence-electron chi connectivity index (χ1n) is 6.18. The van der Waals surface area contributed by atoms with E-state index in [1.807, 2.05) is 27.4 Å². The molecule has 0 aliphatic rings. The summed E-state index contributed by atoms with van der Waals surface area (Å²) in [7, 11) is -4.03. The fourth-order valence-electron chi connectivity index (χ4n) is 1.67. The molecule has 24 heavy (non-hydrogen) atoms. The van der Waals surface area contributed by atoms with Gasteiger partial charge in [-0.2, -0.15) is 13.5 Å². The predicted octanol–water partition coefficient (Wildman–Crippen LogP) is 2.36. The Labute approximate surface area is 149 Å². The Morgan fingerprint density at radius 1 is 1.29 bits per heavy atom. The van der Waals surface area contributed by atoms with Crippen molar-refractivity contribution in [1.29, 1.82) is 0 Å². The number of benzene rings is 2. The molecule has 0 saturated heterocycles. The number of nitrogens with zero attached hydrogens (tertiary/aromatic N) is 2. The lowest BCUT2D eigenvalue weighted by Crippen LogP contribution is -2.18. The van der Waals surface area contributed by atoms with Crippen LogP contribution < -0.4 is 4.83 Å². The molecule has 0 unspecified atom stereocenters. The molecule has 0 atom stereocenters. The van der Waals surface area contributed by atoms with Gasteiger partial charge in [-0.3, -0.25) is 10.1 Å². The number of nitrogens with one attached hydrogen (secondary N) is 1. The summed E-state index contributed by atoms with van der Waals surface area (Å²) in [6.45, 7) is 0. The van der Waals surface area contributed by atoms with Crippen LogP contribution in [-0.2, 0) is 10.0 Å². The van der Waals surface area contributed by atoms with Gasteiger partial charge >= 0.3 is 5.69 Å². The Morgan fingerprint density at radius 2 is 1.92 bits per heavy atom. The molecule has 0 aromatic heterocycles. The number of halogens is 2. The second-order valence-electron chi connectivity index (χ2n) is 4.43. The number of nitro benzene ring substituents is 1. The topological polar surface area (TPSA) is 122 Å². The first-order chi connectivity index (χ1) is 11.2. The van der Waals surface area contributed by atoms with Gasteiger partial charge in [-0.05, 0) is 52.9 Å². The molecule has 0 heterocycles. The first kappa shape index (κ1) is 18.1. The van der Waals surface area contributed by atoms with E-state index in [2.05, 4.69) is 5.10 Å². The van der Waals surface area contributed by atoms with Crippen LogP contribution in [0, 0.1) is 19.5 Å². The summed E-state index contributed by atoms with van der Waals surface area (Å²) in [6.07, 6.45) is 0.936. The minimum atomic E-state index is -4.03. The Hall–Kier alpha value is -2.28. The third-order valence-corrected chi connectivity index (χ3v) is 4.64. The summed E-state index contributed by atoms with van der Waals surface area (Å²) in [5.41, 5.74) is -0.555. The van der Waals surface area contributed by atoms with Crippen LogP contribution >= 0.6 is 22.6 Å². The number of aromatic hydroxyl groups is 1. The SMILES string of the molecule is O=[N+]([O-])c1cc(I)cc(/C=N/NS(=O)(=O)c2ccc(F)cc2)c1O. The number of phenols is 1. The van der Waals surface area contributed by atoms with Crippen LogP contribution in [-0.4, -0.2) is 24.7 Å². The summed E-state index contributed by atoms with van der Waals surface area (Å²) in [5, 5.41) is 24.1. The molecule has 0 radical (unpaired) electrons. The second kappa shape index (κ2) is 7.09. The Bertz CT molecular complexity index is 916. The van der Waals surface area contributed by atoms with Gasteiger partial charge in [0.1, 0.15) is 5.82 Å². The molecule has 0 amide bonds. The van der Waals surface area contributed by atoms with Crippen molar-refractivity contribution in [1.82, 2.24) is 4.83 Å². The third kappa shape index (κ3) is 4.17. The Kier molecular flexibility index (Phi) is 5.33. The van der Waals surface area contributed by atoms with E-state index in [0.717, 1.165) is 36.5 Å². The highest BCUT2D eigenvalue weighted by atomic mass is 127. The van der Waals surface area contributed by atoms with Crippen molar-refractivity contribution in [2.45, 2.75) is 4.90 Å². The minimum Gasteiger partial charge on any atom is -0.502 e. The van der Waals surface area contributed by atoms with Crippen molar-refractivity contribution in [2.75, 3.05) is 0 Å². The van der Waals surface area contributed by atoms with Crippen LogP contribution in [0.25, 0.3) is 0 Å². The number of phenolic OH excluding ortho intramolecular Hbond substituents is 1. The van der Waals surface area contributed by atoms with Gasteiger partial charge in [-0.1, -0.05) is 0 Å². The fourth-order valence-corrected chi connectivity index (χ4v) is 3.10.